The number of fused-ring (bicyclic) bond motifs is 1. The largest absolute Gasteiger partial charge is 0.481 e. The predicted molar refractivity (Wildman–Crippen MR) is 105 cm³/mol. The Morgan fingerprint density at radius 3 is 2.62 bits per heavy atom. The Kier molecular flexibility index (Phi) is 6.39. The number of hydrogen-bond donors (Lipinski definition) is 2. The number of carbonyl (C=O) groups excluding carboxylic acids is 1. The quantitative estimate of drug-likeness (QED) is 0.761. The Hall–Kier alpha value is -2.21. The fourth-order valence-corrected chi connectivity index (χ4v) is 4.13. The predicted octanol–water partition coefficient (Wildman–Crippen LogP) is 3.58. The molecule has 1 saturated heterocycles. The van der Waals surface area contributed by atoms with E-state index >= 15 is 0 Å². The van der Waals surface area contributed by atoms with Crippen molar-refractivity contribution in [1.29, 1.82) is 0 Å². The standard InChI is InChI=1S/C20H24N2O3S/c23-19(24)16-8-11-22(12-9-16)20(25)21-10-13-26-14-17-6-3-5-15-4-1-2-7-18(15)17/h1-7,16H,8-14H2,(H,21,25)(H,23,24). The van der Waals surface area contributed by atoms with E-state index in [9.17, 15) is 9.59 Å². The molecule has 0 spiro atoms. The number of nitrogens with one attached hydrogen (secondary N) is 1. The van der Waals surface area contributed by atoms with Crippen LogP contribution in [0.4, 0.5) is 4.79 Å². The van der Waals surface area contributed by atoms with E-state index in [2.05, 4.69) is 41.7 Å². The second-order valence-corrected chi connectivity index (χ2v) is 7.63. The van der Waals surface area contributed by atoms with Crippen molar-refractivity contribution < 1.29 is 14.7 Å². The van der Waals surface area contributed by atoms with Gasteiger partial charge in [-0.15, -0.1) is 0 Å². The number of nitrogens with zero attached hydrogens (tertiary/aromatic N) is 1. The third-order valence-corrected chi connectivity index (χ3v) is 5.80. The van der Waals surface area contributed by atoms with Crippen LogP contribution in [0.15, 0.2) is 42.5 Å². The summed E-state index contributed by atoms with van der Waals surface area (Å²) < 4.78 is 0. The van der Waals surface area contributed by atoms with Gasteiger partial charge in [-0.25, -0.2) is 4.79 Å². The van der Waals surface area contributed by atoms with Crippen LogP contribution in [-0.4, -0.2) is 47.4 Å². The number of aliphatic carboxylic acids is 1. The molecule has 1 heterocycles. The average Bonchev–Trinajstić information content (AvgIpc) is 2.67. The number of piperidine rings is 1. The molecule has 2 amide bonds. The molecule has 1 aliphatic heterocycles. The number of thioether (sulfide) groups is 1. The van der Waals surface area contributed by atoms with Gasteiger partial charge in [0.2, 0.25) is 0 Å². The molecule has 3 rings (SSSR count). The summed E-state index contributed by atoms with van der Waals surface area (Å²) in [5.41, 5.74) is 1.31. The molecule has 0 atom stereocenters. The van der Waals surface area contributed by atoms with Crippen LogP contribution in [-0.2, 0) is 10.5 Å². The highest BCUT2D eigenvalue weighted by Crippen LogP contribution is 2.22. The van der Waals surface area contributed by atoms with Gasteiger partial charge in [0, 0.05) is 31.1 Å². The molecule has 2 aromatic rings. The van der Waals surface area contributed by atoms with Gasteiger partial charge in [0.15, 0.2) is 0 Å². The minimum absolute atomic E-state index is 0.0837. The monoisotopic (exact) mass is 372 g/mol. The number of rotatable bonds is 6. The van der Waals surface area contributed by atoms with Crippen molar-refractivity contribution in [3.63, 3.8) is 0 Å². The van der Waals surface area contributed by atoms with Gasteiger partial charge in [-0.2, -0.15) is 11.8 Å². The topological polar surface area (TPSA) is 69.6 Å². The van der Waals surface area contributed by atoms with Crippen molar-refractivity contribution in [2.24, 2.45) is 5.92 Å². The van der Waals surface area contributed by atoms with Gasteiger partial charge >= 0.3 is 12.0 Å². The van der Waals surface area contributed by atoms with Crippen molar-refractivity contribution in [2.45, 2.75) is 18.6 Å². The summed E-state index contributed by atoms with van der Waals surface area (Å²) in [4.78, 5) is 24.8. The molecule has 1 fully saturated rings. The maximum absolute atomic E-state index is 12.1. The molecule has 0 unspecified atom stereocenters. The van der Waals surface area contributed by atoms with Gasteiger partial charge in [0.05, 0.1) is 5.92 Å². The molecule has 0 aromatic heterocycles. The number of carboxylic acids is 1. The summed E-state index contributed by atoms with van der Waals surface area (Å²) in [5, 5.41) is 14.5. The summed E-state index contributed by atoms with van der Waals surface area (Å²) in [6.07, 6.45) is 1.08. The molecule has 6 heteroatoms. The highest BCUT2D eigenvalue weighted by atomic mass is 32.2. The zero-order valence-corrected chi connectivity index (χ0v) is 15.5. The molecular weight excluding hydrogens is 348 g/mol. The minimum Gasteiger partial charge on any atom is -0.481 e. The Labute approximate surface area is 157 Å². The number of carboxylic acid groups (broad SMARTS) is 1. The van der Waals surface area contributed by atoms with Gasteiger partial charge in [-0.1, -0.05) is 42.5 Å². The molecule has 0 aliphatic carbocycles. The van der Waals surface area contributed by atoms with E-state index in [-0.39, 0.29) is 11.9 Å². The second kappa shape index (κ2) is 8.94. The van der Waals surface area contributed by atoms with Crippen molar-refractivity contribution >= 4 is 34.5 Å². The Morgan fingerprint density at radius 2 is 1.85 bits per heavy atom. The number of amides is 2. The van der Waals surface area contributed by atoms with E-state index in [1.165, 1.54) is 16.3 Å². The molecule has 1 aliphatic rings. The van der Waals surface area contributed by atoms with Crippen LogP contribution in [0.25, 0.3) is 10.8 Å². The third kappa shape index (κ3) is 4.69. The van der Waals surface area contributed by atoms with E-state index in [0.29, 0.717) is 32.5 Å². The van der Waals surface area contributed by atoms with Crippen molar-refractivity contribution in [2.75, 3.05) is 25.4 Å². The first-order valence-electron chi connectivity index (χ1n) is 8.95. The normalized spacial score (nSPS) is 15.2. The fraction of sp³-hybridized carbons (Fsp3) is 0.400. The van der Waals surface area contributed by atoms with Crippen molar-refractivity contribution in [3.8, 4) is 0 Å². The summed E-state index contributed by atoms with van der Waals surface area (Å²) in [6.45, 7) is 1.66. The van der Waals surface area contributed by atoms with Crippen LogP contribution < -0.4 is 5.32 Å². The maximum Gasteiger partial charge on any atom is 0.317 e. The molecule has 5 nitrogen and oxygen atoms in total. The molecule has 2 aromatic carbocycles. The van der Waals surface area contributed by atoms with Crippen molar-refractivity contribution in [1.82, 2.24) is 10.2 Å². The Bertz CT molecular complexity index is 767. The van der Waals surface area contributed by atoms with E-state index in [4.69, 9.17) is 5.11 Å². The molecule has 2 N–H and O–H groups in total. The van der Waals surface area contributed by atoms with Gasteiger partial charge in [-0.05, 0) is 29.2 Å². The number of carbonyl (C=O) groups is 2. The fourth-order valence-electron chi connectivity index (χ4n) is 3.27. The number of likely N-dealkylation sites (tertiary alicyclic amines) is 1. The minimum atomic E-state index is -0.755. The first-order valence-corrected chi connectivity index (χ1v) is 10.1. The van der Waals surface area contributed by atoms with Crippen LogP contribution in [0, 0.1) is 5.92 Å². The average molecular weight is 372 g/mol. The van der Waals surface area contributed by atoms with Crippen LogP contribution in [0.1, 0.15) is 18.4 Å². The first kappa shape index (κ1) is 18.6. The highest BCUT2D eigenvalue weighted by Gasteiger charge is 2.26. The lowest BCUT2D eigenvalue weighted by Gasteiger charge is -2.30. The molecule has 26 heavy (non-hydrogen) atoms. The maximum atomic E-state index is 12.1. The molecular formula is C20H24N2O3S. The summed E-state index contributed by atoms with van der Waals surface area (Å²) in [6, 6.07) is 14.7. The van der Waals surface area contributed by atoms with Gasteiger partial charge in [-0.3, -0.25) is 4.79 Å². The van der Waals surface area contributed by atoms with Crippen LogP contribution in [0.5, 0.6) is 0 Å². The zero-order valence-electron chi connectivity index (χ0n) is 14.7. The molecule has 0 bridgehead atoms. The number of benzene rings is 2. The number of urea groups is 1. The van der Waals surface area contributed by atoms with Crippen LogP contribution in [0.3, 0.4) is 0 Å². The van der Waals surface area contributed by atoms with E-state index in [1.807, 2.05) is 6.07 Å². The number of hydrogen-bond acceptors (Lipinski definition) is 3. The zero-order chi connectivity index (χ0) is 18.4. The Balaban J connectivity index is 1.38. The Morgan fingerprint density at radius 1 is 1.12 bits per heavy atom. The highest BCUT2D eigenvalue weighted by molar-refractivity contribution is 7.98. The SMILES string of the molecule is O=C(O)C1CCN(C(=O)NCCSCc2cccc3ccccc23)CC1. The van der Waals surface area contributed by atoms with Crippen molar-refractivity contribution in [3.05, 3.63) is 48.0 Å². The van der Waals surface area contributed by atoms with E-state index < -0.39 is 5.97 Å². The van der Waals surface area contributed by atoms with Gasteiger partial charge in [0.25, 0.3) is 0 Å². The summed E-state index contributed by atoms with van der Waals surface area (Å²) >= 11 is 1.80. The second-order valence-electron chi connectivity index (χ2n) is 6.52. The third-order valence-electron chi connectivity index (χ3n) is 4.79. The molecule has 138 valence electrons. The van der Waals surface area contributed by atoms with E-state index in [0.717, 1.165) is 11.5 Å². The summed E-state index contributed by atoms with van der Waals surface area (Å²) in [7, 11) is 0. The molecule has 0 radical (unpaired) electrons. The first-order chi connectivity index (χ1) is 12.6. The smallest absolute Gasteiger partial charge is 0.317 e. The van der Waals surface area contributed by atoms with Crippen LogP contribution in [0.2, 0.25) is 0 Å². The van der Waals surface area contributed by atoms with Gasteiger partial charge in [0.1, 0.15) is 0 Å². The van der Waals surface area contributed by atoms with E-state index in [1.54, 1.807) is 16.7 Å². The lowest BCUT2D eigenvalue weighted by Crippen LogP contribution is -2.46. The van der Waals surface area contributed by atoms with Crippen LogP contribution >= 0.6 is 11.8 Å². The van der Waals surface area contributed by atoms with Gasteiger partial charge < -0.3 is 15.3 Å². The lowest BCUT2D eigenvalue weighted by atomic mass is 9.97. The summed E-state index contributed by atoms with van der Waals surface area (Å²) in [5.74, 6) is 0.701. The lowest BCUT2D eigenvalue weighted by molar-refractivity contribution is -0.143. The molecule has 0 saturated carbocycles.